The van der Waals surface area contributed by atoms with E-state index in [1.54, 1.807) is 43.3 Å². The highest BCUT2D eigenvalue weighted by atomic mass is 32.2. The van der Waals surface area contributed by atoms with E-state index < -0.39 is 34.3 Å². The fraction of sp³-hybridized carbons (Fsp3) is 0.310. The van der Waals surface area contributed by atoms with E-state index in [1.807, 2.05) is 13.8 Å². The number of carbonyl (C=O) groups is 2. The van der Waals surface area contributed by atoms with Crippen LogP contribution in [0.4, 0.5) is 10.1 Å². The van der Waals surface area contributed by atoms with Crippen LogP contribution in [0.5, 0.6) is 5.75 Å². The van der Waals surface area contributed by atoms with Gasteiger partial charge in [-0.15, -0.1) is 0 Å². The molecular formula is C29H34FN3O5S. The second-order valence-electron chi connectivity index (χ2n) is 9.49. The topological polar surface area (TPSA) is 96.0 Å². The van der Waals surface area contributed by atoms with Crippen molar-refractivity contribution in [3.8, 4) is 5.75 Å². The normalized spacial score (nSPS) is 12.1. The van der Waals surface area contributed by atoms with Crippen LogP contribution in [0.25, 0.3) is 0 Å². The summed E-state index contributed by atoms with van der Waals surface area (Å²) in [6, 6.07) is 18.8. The Labute approximate surface area is 229 Å². The number of nitrogens with one attached hydrogen (secondary N) is 1. The van der Waals surface area contributed by atoms with E-state index in [0.717, 1.165) is 4.31 Å². The molecule has 1 unspecified atom stereocenters. The predicted molar refractivity (Wildman–Crippen MR) is 148 cm³/mol. The number of nitrogens with zero attached hydrogens (tertiary/aromatic N) is 2. The number of rotatable bonds is 12. The second-order valence-corrected chi connectivity index (χ2v) is 11.4. The van der Waals surface area contributed by atoms with E-state index in [4.69, 9.17) is 4.74 Å². The monoisotopic (exact) mass is 555 g/mol. The summed E-state index contributed by atoms with van der Waals surface area (Å²) >= 11 is 0. The van der Waals surface area contributed by atoms with Gasteiger partial charge in [-0.2, -0.15) is 0 Å². The van der Waals surface area contributed by atoms with Gasteiger partial charge in [-0.3, -0.25) is 13.9 Å². The van der Waals surface area contributed by atoms with Gasteiger partial charge in [0.15, 0.2) is 0 Å². The van der Waals surface area contributed by atoms with Gasteiger partial charge in [-0.05, 0) is 54.8 Å². The number of carbonyl (C=O) groups excluding carboxylic acids is 2. The van der Waals surface area contributed by atoms with Crippen molar-refractivity contribution >= 4 is 27.5 Å². The number of anilines is 1. The molecule has 2 amide bonds. The summed E-state index contributed by atoms with van der Waals surface area (Å²) in [7, 11) is -2.71. The fourth-order valence-electron chi connectivity index (χ4n) is 3.84. The van der Waals surface area contributed by atoms with Crippen LogP contribution in [0.2, 0.25) is 0 Å². The third-order valence-corrected chi connectivity index (χ3v) is 7.86. The minimum Gasteiger partial charge on any atom is -0.497 e. The van der Waals surface area contributed by atoms with Crippen molar-refractivity contribution in [2.24, 2.45) is 5.92 Å². The average Bonchev–Trinajstić information content (AvgIpc) is 2.94. The van der Waals surface area contributed by atoms with E-state index in [9.17, 15) is 22.4 Å². The molecule has 0 saturated heterocycles. The molecule has 3 rings (SSSR count). The molecule has 0 spiro atoms. The Morgan fingerprint density at radius 1 is 0.949 bits per heavy atom. The van der Waals surface area contributed by atoms with Crippen molar-refractivity contribution < 1.29 is 27.1 Å². The third kappa shape index (κ3) is 7.79. The van der Waals surface area contributed by atoms with Gasteiger partial charge in [-0.25, -0.2) is 12.8 Å². The molecule has 0 saturated carbocycles. The Hall–Kier alpha value is -3.92. The molecule has 0 fully saturated rings. The van der Waals surface area contributed by atoms with E-state index in [1.165, 1.54) is 54.5 Å². The van der Waals surface area contributed by atoms with Gasteiger partial charge in [0.25, 0.3) is 10.0 Å². The van der Waals surface area contributed by atoms with Crippen LogP contribution in [0.1, 0.15) is 26.3 Å². The summed E-state index contributed by atoms with van der Waals surface area (Å²) < 4.78 is 47.3. The number of ether oxygens (including phenoxy) is 1. The molecule has 0 aromatic heterocycles. The molecule has 0 aliphatic rings. The van der Waals surface area contributed by atoms with Gasteiger partial charge in [-0.1, -0.05) is 50.2 Å². The van der Waals surface area contributed by atoms with Gasteiger partial charge >= 0.3 is 0 Å². The minimum absolute atomic E-state index is 0.00781. The van der Waals surface area contributed by atoms with E-state index >= 15 is 0 Å². The van der Waals surface area contributed by atoms with E-state index in [2.05, 4.69) is 5.32 Å². The van der Waals surface area contributed by atoms with Gasteiger partial charge in [0.1, 0.15) is 24.2 Å². The summed E-state index contributed by atoms with van der Waals surface area (Å²) in [6.07, 6.45) is 0. The summed E-state index contributed by atoms with van der Waals surface area (Å²) in [5.41, 5.74) is 0.817. The van der Waals surface area contributed by atoms with Crippen LogP contribution in [0, 0.1) is 11.7 Å². The number of methoxy groups -OCH3 is 1. The molecule has 0 aliphatic carbocycles. The molecule has 8 nitrogen and oxygen atoms in total. The molecule has 3 aromatic carbocycles. The number of amides is 2. The summed E-state index contributed by atoms with van der Waals surface area (Å²) in [6.45, 7) is 5.30. The van der Waals surface area contributed by atoms with E-state index in [-0.39, 0.29) is 29.0 Å². The summed E-state index contributed by atoms with van der Waals surface area (Å²) in [4.78, 5) is 28.1. The van der Waals surface area contributed by atoms with Gasteiger partial charge in [0.2, 0.25) is 11.8 Å². The Morgan fingerprint density at radius 3 is 2.23 bits per heavy atom. The first kappa shape index (κ1) is 29.6. The van der Waals surface area contributed by atoms with Crippen LogP contribution in [-0.4, -0.2) is 51.4 Å². The zero-order valence-electron chi connectivity index (χ0n) is 22.5. The lowest BCUT2D eigenvalue weighted by Crippen LogP contribution is -2.51. The zero-order valence-corrected chi connectivity index (χ0v) is 23.3. The van der Waals surface area contributed by atoms with Crippen molar-refractivity contribution in [3.05, 3.63) is 90.2 Å². The lowest BCUT2D eigenvalue weighted by molar-refractivity contribution is -0.139. The van der Waals surface area contributed by atoms with Crippen LogP contribution >= 0.6 is 0 Å². The molecule has 3 aromatic rings. The van der Waals surface area contributed by atoms with Gasteiger partial charge in [0, 0.05) is 19.2 Å². The van der Waals surface area contributed by atoms with Gasteiger partial charge in [0.05, 0.1) is 17.7 Å². The molecule has 0 heterocycles. The molecular weight excluding hydrogens is 521 g/mol. The maximum atomic E-state index is 13.8. The quantitative estimate of drug-likeness (QED) is 0.361. The van der Waals surface area contributed by atoms with E-state index in [0.29, 0.717) is 17.9 Å². The van der Waals surface area contributed by atoms with Crippen molar-refractivity contribution in [2.45, 2.75) is 38.3 Å². The number of hydrogen-bond donors (Lipinski definition) is 1. The third-order valence-electron chi connectivity index (χ3n) is 6.07. The van der Waals surface area contributed by atoms with Gasteiger partial charge < -0.3 is 15.0 Å². The SMILES string of the molecule is COc1cccc(N(CC(=O)N(Cc2ccc(F)cc2)C(C)C(=O)NCC(C)C)S(=O)(=O)c2ccccc2)c1. The Kier molecular flexibility index (Phi) is 10.1. The molecule has 0 bridgehead atoms. The lowest BCUT2D eigenvalue weighted by atomic mass is 10.1. The van der Waals surface area contributed by atoms with Crippen LogP contribution < -0.4 is 14.4 Å². The minimum atomic E-state index is -4.17. The smallest absolute Gasteiger partial charge is 0.264 e. The molecule has 0 aliphatic heterocycles. The maximum absolute atomic E-state index is 13.8. The number of benzene rings is 3. The Bertz CT molecular complexity index is 1370. The van der Waals surface area contributed by atoms with Crippen LogP contribution in [-0.2, 0) is 26.2 Å². The first-order chi connectivity index (χ1) is 18.5. The Morgan fingerprint density at radius 2 is 1.62 bits per heavy atom. The molecule has 1 atom stereocenters. The largest absolute Gasteiger partial charge is 0.497 e. The standard InChI is InChI=1S/C29H34FN3O5S/c1-21(2)18-31-29(35)22(3)32(19-23-13-15-24(30)16-14-23)28(34)20-33(25-9-8-10-26(17-25)38-4)39(36,37)27-11-6-5-7-12-27/h5-17,21-22H,18-20H2,1-4H3,(H,31,35). The Balaban J connectivity index is 2.01. The van der Waals surface area contributed by atoms with Crippen molar-refractivity contribution in [1.82, 2.24) is 10.2 Å². The molecule has 1 N–H and O–H groups in total. The highest BCUT2D eigenvalue weighted by molar-refractivity contribution is 7.92. The molecule has 10 heteroatoms. The van der Waals surface area contributed by atoms with Crippen molar-refractivity contribution in [1.29, 1.82) is 0 Å². The van der Waals surface area contributed by atoms with Crippen LogP contribution in [0.15, 0.2) is 83.8 Å². The first-order valence-electron chi connectivity index (χ1n) is 12.6. The first-order valence-corrected chi connectivity index (χ1v) is 14.0. The maximum Gasteiger partial charge on any atom is 0.264 e. The number of halogens is 1. The zero-order chi connectivity index (χ0) is 28.6. The highest BCUT2D eigenvalue weighted by Crippen LogP contribution is 2.27. The van der Waals surface area contributed by atoms with Crippen molar-refractivity contribution in [3.63, 3.8) is 0 Å². The highest BCUT2D eigenvalue weighted by Gasteiger charge is 2.32. The predicted octanol–water partition coefficient (Wildman–Crippen LogP) is 4.22. The van der Waals surface area contributed by atoms with Crippen LogP contribution in [0.3, 0.4) is 0 Å². The molecule has 39 heavy (non-hydrogen) atoms. The fourth-order valence-corrected chi connectivity index (χ4v) is 5.26. The average molecular weight is 556 g/mol. The second kappa shape index (κ2) is 13.2. The molecule has 208 valence electrons. The van der Waals surface area contributed by atoms with Crippen molar-refractivity contribution in [2.75, 3.05) is 24.5 Å². The summed E-state index contributed by atoms with van der Waals surface area (Å²) in [5.74, 6) is -0.802. The number of hydrogen-bond acceptors (Lipinski definition) is 5. The summed E-state index contributed by atoms with van der Waals surface area (Å²) in [5, 5.41) is 2.83. The number of sulfonamides is 1. The molecule has 0 radical (unpaired) electrons. The lowest BCUT2D eigenvalue weighted by Gasteiger charge is -2.32.